The van der Waals surface area contributed by atoms with Crippen LogP contribution in [-0.4, -0.2) is 72.1 Å². The maximum absolute atomic E-state index is 11.3. The van der Waals surface area contributed by atoms with Gasteiger partial charge in [0.15, 0.2) is 12.6 Å². The lowest BCUT2D eigenvalue weighted by molar-refractivity contribution is -0.385. The Morgan fingerprint density at radius 2 is 1.19 bits per heavy atom. The average Bonchev–Trinajstić information content (AvgIpc) is 2.90. The van der Waals surface area contributed by atoms with Crippen molar-refractivity contribution in [3.8, 4) is 0 Å². The normalized spacial score (nSPS) is 10.6. The molecule has 12 heteroatoms. The van der Waals surface area contributed by atoms with Crippen LogP contribution < -0.4 is 5.73 Å². The first-order valence-corrected chi connectivity index (χ1v) is 10.6. The summed E-state index contributed by atoms with van der Waals surface area (Å²) in [5, 5.41) is 11.0. The van der Waals surface area contributed by atoms with Gasteiger partial charge in [-0.05, 0) is 23.8 Å². The van der Waals surface area contributed by atoms with E-state index in [1.165, 1.54) is 46.6 Å². The highest BCUT2D eigenvalue weighted by molar-refractivity contribution is 5.91. The van der Waals surface area contributed by atoms with E-state index < -0.39 is 23.2 Å². The minimum Gasteiger partial charge on any atom is -0.465 e. The smallest absolute Gasteiger partial charge is 0.338 e. The number of anilines is 1. The Hall–Kier alpha value is -3.58. The lowest BCUT2D eigenvalue weighted by atomic mass is 10.1. The monoisotopic (exact) mass is 508 g/mol. The van der Waals surface area contributed by atoms with Crippen molar-refractivity contribution >= 4 is 23.3 Å². The molecule has 0 aromatic heterocycles. The summed E-state index contributed by atoms with van der Waals surface area (Å²) in [7, 11) is 8.57. The molecular formula is C24H32N2O10. The number of nitrogens with zero attached hydrogens (tertiary/aromatic N) is 1. The standard InChI is InChI=1S/C12H15NO6.C12H17NO4/c1-17-11(18-2)7-8-4-5-9(12(14)19-3)6-10(8)13(15)16;1-15-11(16-2)7-8-4-5-9(6-10(8)13)12(14)17-3/h4-6,11H,7H2,1-3H3;4-6,11H,7,13H2,1-3H3. The number of carbonyl (C=O) groups excluding carboxylic acids is 2. The molecule has 0 saturated carbocycles. The second-order valence-electron chi connectivity index (χ2n) is 7.21. The van der Waals surface area contributed by atoms with Gasteiger partial charge in [-0.2, -0.15) is 0 Å². The van der Waals surface area contributed by atoms with Crippen LogP contribution in [-0.2, 0) is 41.3 Å². The molecule has 0 aliphatic heterocycles. The number of carbonyl (C=O) groups is 2. The van der Waals surface area contributed by atoms with E-state index in [1.807, 2.05) is 0 Å². The summed E-state index contributed by atoms with van der Waals surface area (Å²) in [4.78, 5) is 33.1. The number of ether oxygens (including phenoxy) is 6. The summed E-state index contributed by atoms with van der Waals surface area (Å²) in [6.07, 6.45) is -0.186. The number of nitro groups is 1. The molecule has 198 valence electrons. The van der Waals surface area contributed by atoms with Crippen LogP contribution in [0.3, 0.4) is 0 Å². The number of rotatable bonds is 11. The summed E-state index contributed by atoms with van der Waals surface area (Å²) in [5.41, 5.74) is 8.06. The molecule has 2 N–H and O–H groups in total. The highest BCUT2D eigenvalue weighted by Crippen LogP contribution is 2.23. The highest BCUT2D eigenvalue weighted by Gasteiger charge is 2.20. The van der Waals surface area contributed by atoms with Crippen molar-refractivity contribution in [2.24, 2.45) is 0 Å². The third kappa shape index (κ3) is 8.89. The van der Waals surface area contributed by atoms with Gasteiger partial charge in [0.25, 0.3) is 5.69 Å². The topological polar surface area (TPSA) is 159 Å². The molecule has 2 aromatic carbocycles. The van der Waals surface area contributed by atoms with Crippen molar-refractivity contribution in [1.82, 2.24) is 0 Å². The molecule has 0 spiro atoms. The molecule has 2 aromatic rings. The zero-order valence-corrected chi connectivity index (χ0v) is 21.1. The van der Waals surface area contributed by atoms with E-state index in [-0.39, 0.29) is 24.0 Å². The van der Waals surface area contributed by atoms with Crippen LogP contribution in [0.1, 0.15) is 31.8 Å². The van der Waals surface area contributed by atoms with Crippen molar-refractivity contribution in [2.45, 2.75) is 25.4 Å². The van der Waals surface area contributed by atoms with Crippen molar-refractivity contribution in [1.29, 1.82) is 0 Å². The molecular weight excluding hydrogens is 476 g/mol. The maximum atomic E-state index is 11.3. The fourth-order valence-electron chi connectivity index (χ4n) is 3.06. The van der Waals surface area contributed by atoms with Crippen LogP contribution in [0, 0.1) is 10.1 Å². The molecule has 0 bridgehead atoms. The van der Waals surface area contributed by atoms with Gasteiger partial charge in [-0.3, -0.25) is 10.1 Å². The fourth-order valence-corrected chi connectivity index (χ4v) is 3.06. The number of nitrogen functional groups attached to an aromatic ring is 1. The number of methoxy groups -OCH3 is 6. The second kappa shape index (κ2) is 15.4. The minimum atomic E-state index is -0.621. The van der Waals surface area contributed by atoms with E-state index in [2.05, 4.69) is 9.47 Å². The van der Waals surface area contributed by atoms with E-state index in [0.29, 0.717) is 23.2 Å². The Morgan fingerprint density at radius 3 is 1.58 bits per heavy atom. The molecule has 2 rings (SSSR count). The van der Waals surface area contributed by atoms with Crippen LogP contribution in [0.2, 0.25) is 0 Å². The van der Waals surface area contributed by atoms with Crippen molar-refractivity contribution < 1.29 is 42.9 Å². The van der Waals surface area contributed by atoms with Crippen LogP contribution >= 0.6 is 0 Å². The van der Waals surface area contributed by atoms with Crippen molar-refractivity contribution in [3.05, 3.63) is 68.8 Å². The molecule has 12 nitrogen and oxygen atoms in total. The van der Waals surface area contributed by atoms with Crippen molar-refractivity contribution in [3.63, 3.8) is 0 Å². The van der Waals surface area contributed by atoms with Gasteiger partial charge >= 0.3 is 11.9 Å². The summed E-state index contributed by atoms with van der Waals surface area (Å²) >= 11 is 0. The van der Waals surface area contributed by atoms with E-state index in [0.717, 1.165) is 5.56 Å². The lowest BCUT2D eigenvalue weighted by Crippen LogP contribution is -2.17. The molecule has 0 aliphatic carbocycles. The molecule has 0 amide bonds. The number of hydrogen-bond acceptors (Lipinski definition) is 11. The zero-order valence-electron chi connectivity index (χ0n) is 21.1. The number of esters is 2. The van der Waals surface area contributed by atoms with Gasteiger partial charge in [0.1, 0.15) is 0 Å². The summed E-state index contributed by atoms with van der Waals surface area (Å²) < 4.78 is 29.3. The third-order valence-electron chi connectivity index (χ3n) is 5.09. The maximum Gasteiger partial charge on any atom is 0.338 e. The first-order chi connectivity index (χ1) is 17.1. The van der Waals surface area contributed by atoms with E-state index >= 15 is 0 Å². The molecule has 0 atom stereocenters. The largest absolute Gasteiger partial charge is 0.465 e. The van der Waals surface area contributed by atoms with Crippen molar-refractivity contribution in [2.75, 3.05) is 48.4 Å². The molecule has 0 saturated heterocycles. The third-order valence-corrected chi connectivity index (χ3v) is 5.09. The van der Waals surface area contributed by atoms with Gasteiger partial charge in [-0.1, -0.05) is 12.1 Å². The second-order valence-corrected chi connectivity index (χ2v) is 7.21. The van der Waals surface area contributed by atoms with Gasteiger partial charge in [0.2, 0.25) is 0 Å². The highest BCUT2D eigenvalue weighted by atomic mass is 16.7. The molecule has 0 aliphatic rings. The van der Waals surface area contributed by atoms with Crippen LogP contribution in [0.5, 0.6) is 0 Å². The number of hydrogen-bond donors (Lipinski definition) is 1. The Bertz CT molecular complexity index is 1020. The molecule has 0 fully saturated rings. The number of benzene rings is 2. The van der Waals surface area contributed by atoms with Gasteiger partial charge in [0, 0.05) is 58.6 Å². The quantitative estimate of drug-likeness (QED) is 0.156. The van der Waals surface area contributed by atoms with E-state index in [1.54, 1.807) is 32.4 Å². The Kier molecular flexibility index (Phi) is 13.0. The van der Waals surface area contributed by atoms with Gasteiger partial charge in [0.05, 0.1) is 30.3 Å². The molecule has 0 radical (unpaired) electrons. The number of nitro benzene ring substituents is 1. The molecule has 0 unspecified atom stereocenters. The molecule has 36 heavy (non-hydrogen) atoms. The molecule has 0 heterocycles. The Labute approximate surface area is 209 Å². The summed E-state index contributed by atoms with van der Waals surface area (Å²) in [6, 6.07) is 9.17. The number of nitrogens with two attached hydrogens (primary N) is 1. The van der Waals surface area contributed by atoms with Crippen LogP contribution in [0.4, 0.5) is 11.4 Å². The first kappa shape index (κ1) is 30.5. The average molecular weight is 509 g/mol. The predicted molar refractivity (Wildman–Crippen MR) is 130 cm³/mol. The van der Waals surface area contributed by atoms with E-state index in [4.69, 9.17) is 24.7 Å². The first-order valence-electron chi connectivity index (χ1n) is 10.6. The van der Waals surface area contributed by atoms with Gasteiger partial charge in [-0.25, -0.2) is 9.59 Å². The Balaban J connectivity index is 0.000000362. The zero-order chi connectivity index (χ0) is 27.3. The summed E-state index contributed by atoms with van der Waals surface area (Å²) in [5.74, 6) is -1.03. The van der Waals surface area contributed by atoms with Crippen LogP contribution in [0.15, 0.2) is 36.4 Å². The minimum absolute atomic E-state index is 0.129. The SMILES string of the molecule is COC(=O)c1ccc(CC(OC)OC)c(N)c1.COC(=O)c1ccc(CC(OC)OC)c([N+](=O)[O-])c1. The summed E-state index contributed by atoms with van der Waals surface area (Å²) in [6.45, 7) is 0. The van der Waals surface area contributed by atoms with E-state index in [9.17, 15) is 19.7 Å². The predicted octanol–water partition coefficient (Wildman–Crippen LogP) is 2.76. The Morgan fingerprint density at radius 1 is 0.778 bits per heavy atom. The lowest BCUT2D eigenvalue weighted by Gasteiger charge is -2.14. The van der Waals surface area contributed by atoms with Gasteiger partial charge < -0.3 is 34.2 Å². The fraction of sp³-hybridized carbons (Fsp3) is 0.417. The van der Waals surface area contributed by atoms with Gasteiger partial charge in [-0.15, -0.1) is 0 Å². The van der Waals surface area contributed by atoms with Crippen LogP contribution in [0.25, 0.3) is 0 Å².